The normalized spacial score (nSPS) is 15.7. The van der Waals surface area contributed by atoms with Crippen LogP contribution in [0.4, 0.5) is 14.6 Å². The van der Waals surface area contributed by atoms with E-state index in [4.69, 9.17) is 22.1 Å². The predicted molar refractivity (Wildman–Crippen MR) is 126 cm³/mol. The Morgan fingerprint density at radius 1 is 1.26 bits per heavy atom. The smallest absolute Gasteiger partial charge is 0.258 e. The maximum Gasteiger partial charge on any atom is 0.258 e. The van der Waals surface area contributed by atoms with Crippen LogP contribution in [0.1, 0.15) is 22.3 Å². The summed E-state index contributed by atoms with van der Waals surface area (Å²) in [7, 11) is 4.02. The van der Waals surface area contributed by atoms with Crippen molar-refractivity contribution in [2.75, 3.05) is 32.9 Å². The molecule has 7 nitrogen and oxygen atoms in total. The van der Waals surface area contributed by atoms with Gasteiger partial charge in [-0.25, -0.2) is 18.7 Å². The zero-order valence-electron chi connectivity index (χ0n) is 18.8. The minimum atomic E-state index is -0.758. The summed E-state index contributed by atoms with van der Waals surface area (Å²) in [6.07, 6.45) is 2.39. The van der Waals surface area contributed by atoms with Gasteiger partial charge in [0, 0.05) is 35.8 Å². The van der Waals surface area contributed by atoms with E-state index in [-0.39, 0.29) is 34.8 Å². The number of amides is 1. The van der Waals surface area contributed by atoms with Gasteiger partial charge in [0.15, 0.2) is 5.82 Å². The van der Waals surface area contributed by atoms with Gasteiger partial charge in [0.05, 0.1) is 16.9 Å². The molecule has 1 atom stereocenters. The van der Waals surface area contributed by atoms with Crippen LogP contribution in [0.25, 0.3) is 11.3 Å². The number of carbonyl (C=O) groups excluding carboxylic acids is 1. The van der Waals surface area contributed by atoms with Crippen molar-refractivity contribution in [3.8, 4) is 17.1 Å². The van der Waals surface area contributed by atoms with Crippen molar-refractivity contribution in [1.82, 2.24) is 19.8 Å². The number of nitrogens with two attached hydrogens (primary N) is 1. The summed E-state index contributed by atoms with van der Waals surface area (Å²) in [6.45, 7) is 0.991. The highest BCUT2D eigenvalue weighted by molar-refractivity contribution is 6.31. The summed E-state index contributed by atoms with van der Waals surface area (Å²) >= 11 is 5.86. The van der Waals surface area contributed by atoms with Crippen LogP contribution in [0.5, 0.6) is 5.88 Å². The number of halogens is 3. The molecule has 4 rings (SSSR count). The third-order valence-corrected chi connectivity index (χ3v) is 6.25. The van der Waals surface area contributed by atoms with Crippen LogP contribution in [0, 0.1) is 11.6 Å². The van der Waals surface area contributed by atoms with Crippen molar-refractivity contribution in [3.63, 3.8) is 0 Å². The highest BCUT2D eigenvalue weighted by Gasteiger charge is 2.28. The topological polar surface area (TPSA) is 84.6 Å². The second-order valence-electron chi connectivity index (χ2n) is 8.29. The van der Waals surface area contributed by atoms with Gasteiger partial charge in [-0.2, -0.15) is 0 Å². The number of hydrogen-bond donors (Lipinski definition) is 1. The largest absolute Gasteiger partial charge is 0.470 e. The first kappa shape index (κ1) is 23.8. The number of likely N-dealkylation sites (tertiary alicyclic amines) is 1. The predicted octanol–water partition coefficient (Wildman–Crippen LogP) is 4.01. The highest BCUT2D eigenvalue weighted by atomic mass is 35.5. The van der Waals surface area contributed by atoms with Gasteiger partial charge in [0.1, 0.15) is 18.2 Å². The number of anilines is 1. The van der Waals surface area contributed by atoms with E-state index in [1.807, 2.05) is 19.0 Å². The molecule has 10 heteroatoms. The second-order valence-corrected chi connectivity index (χ2v) is 8.67. The molecule has 34 heavy (non-hydrogen) atoms. The Bertz CT molecular complexity index is 1220. The first-order valence-corrected chi connectivity index (χ1v) is 11.1. The summed E-state index contributed by atoms with van der Waals surface area (Å²) in [6, 6.07) is 9.29. The fourth-order valence-corrected chi connectivity index (χ4v) is 4.02. The molecule has 1 aliphatic heterocycles. The minimum Gasteiger partial charge on any atom is -0.470 e. The molecule has 1 unspecified atom stereocenters. The van der Waals surface area contributed by atoms with Crippen molar-refractivity contribution in [2.24, 2.45) is 0 Å². The Labute approximate surface area is 201 Å². The molecular weight excluding hydrogens is 464 g/mol. The van der Waals surface area contributed by atoms with E-state index in [0.29, 0.717) is 36.0 Å². The van der Waals surface area contributed by atoms with Gasteiger partial charge in [-0.15, -0.1) is 0 Å². The van der Waals surface area contributed by atoms with Crippen LogP contribution in [0.15, 0.2) is 42.6 Å². The number of hydrogen-bond acceptors (Lipinski definition) is 6. The molecule has 0 spiro atoms. The number of carbonyl (C=O) groups is 1. The van der Waals surface area contributed by atoms with Crippen LogP contribution in [0.2, 0.25) is 5.02 Å². The Balaban J connectivity index is 1.54. The van der Waals surface area contributed by atoms with E-state index in [2.05, 4.69) is 14.9 Å². The number of nitrogens with zero attached hydrogens (tertiary/aromatic N) is 4. The minimum absolute atomic E-state index is 0.0179. The van der Waals surface area contributed by atoms with E-state index in [9.17, 15) is 13.6 Å². The Kier molecular flexibility index (Phi) is 6.95. The Hall–Kier alpha value is -3.30. The number of rotatable bonds is 6. The average molecular weight is 488 g/mol. The maximum absolute atomic E-state index is 14.1. The van der Waals surface area contributed by atoms with Crippen LogP contribution in [-0.2, 0) is 6.61 Å². The van der Waals surface area contributed by atoms with Gasteiger partial charge >= 0.3 is 0 Å². The van der Waals surface area contributed by atoms with Crippen molar-refractivity contribution < 1.29 is 18.3 Å². The van der Waals surface area contributed by atoms with Gasteiger partial charge in [-0.3, -0.25) is 4.79 Å². The lowest BCUT2D eigenvalue weighted by atomic mass is 10.1. The zero-order valence-corrected chi connectivity index (χ0v) is 19.5. The summed E-state index contributed by atoms with van der Waals surface area (Å²) in [5, 5.41) is -0.368. The Morgan fingerprint density at radius 3 is 2.76 bits per heavy atom. The molecule has 1 saturated heterocycles. The Morgan fingerprint density at radius 2 is 2.03 bits per heavy atom. The molecule has 3 aromatic rings. The number of ether oxygens (including phenoxy) is 1. The lowest BCUT2D eigenvalue weighted by molar-refractivity contribution is 0.0783. The zero-order chi connectivity index (χ0) is 24.4. The van der Waals surface area contributed by atoms with Crippen molar-refractivity contribution >= 4 is 23.3 Å². The summed E-state index contributed by atoms with van der Waals surface area (Å²) in [4.78, 5) is 25.5. The summed E-state index contributed by atoms with van der Waals surface area (Å²) in [5.41, 5.74) is 7.31. The third-order valence-electron chi connectivity index (χ3n) is 5.85. The number of nitrogen functional groups attached to an aromatic ring is 1. The second kappa shape index (κ2) is 9.90. The fourth-order valence-electron chi connectivity index (χ4n) is 3.81. The van der Waals surface area contributed by atoms with E-state index < -0.39 is 11.6 Å². The summed E-state index contributed by atoms with van der Waals surface area (Å²) in [5.74, 6) is -1.59. The van der Waals surface area contributed by atoms with Crippen molar-refractivity contribution in [2.45, 2.75) is 19.1 Å². The summed E-state index contributed by atoms with van der Waals surface area (Å²) < 4.78 is 33.3. The van der Waals surface area contributed by atoms with Crippen LogP contribution >= 0.6 is 11.6 Å². The molecule has 1 aromatic heterocycles. The lowest BCUT2D eigenvalue weighted by Crippen LogP contribution is -2.34. The molecule has 1 fully saturated rings. The molecule has 178 valence electrons. The fraction of sp³-hybridized carbons (Fsp3) is 0.292. The molecule has 0 bridgehead atoms. The molecule has 0 radical (unpaired) electrons. The quantitative estimate of drug-likeness (QED) is 0.529. The standard InChI is InChI=1S/C24H24ClF2N5O2/c1-31(2)16-8-9-32(12-16)24(33)15-5-3-4-14(10-15)20-11-29-22(28)23(30-20)34-13-17-18(26)6-7-19(27)21(17)25/h3-7,10-11,16H,8-9,12-13H2,1-2H3,(H2,28,29). The van der Waals surface area contributed by atoms with Gasteiger partial charge in [0.2, 0.25) is 0 Å². The molecule has 0 saturated carbocycles. The van der Waals surface area contributed by atoms with Crippen LogP contribution in [0.3, 0.4) is 0 Å². The molecule has 2 N–H and O–H groups in total. The van der Waals surface area contributed by atoms with Crippen LogP contribution in [-0.4, -0.2) is 58.9 Å². The van der Waals surface area contributed by atoms with E-state index in [1.54, 1.807) is 24.3 Å². The number of benzene rings is 2. The first-order chi connectivity index (χ1) is 16.2. The van der Waals surface area contributed by atoms with Gasteiger partial charge < -0.3 is 20.3 Å². The molecule has 2 aromatic carbocycles. The van der Waals surface area contributed by atoms with Gasteiger partial charge in [-0.05, 0) is 44.8 Å². The maximum atomic E-state index is 14.1. The third kappa shape index (κ3) is 4.95. The van der Waals surface area contributed by atoms with E-state index >= 15 is 0 Å². The van der Waals surface area contributed by atoms with E-state index in [0.717, 1.165) is 18.6 Å². The average Bonchev–Trinajstić information content (AvgIpc) is 3.33. The molecule has 2 heterocycles. The van der Waals surface area contributed by atoms with Crippen molar-refractivity contribution in [1.29, 1.82) is 0 Å². The van der Waals surface area contributed by atoms with Gasteiger partial charge in [-0.1, -0.05) is 23.7 Å². The first-order valence-electron chi connectivity index (χ1n) is 10.7. The number of likely N-dealkylation sites (N-methyl/N-ethyl adjacent to an activating group) is 1. The number of aromatic nitrogens is 2. The molecule has 1 aliphatic rings. The monoisotopic (exact) mass is 487 g/mol. The van der Waals surface area contributed by atoms with Gasteiger partial charge in [0.25, 0.3) is 11.8 Å². The van der Waals surface area contributed by atoms with Crippen LogP contribution < -0.4 is 10.5 Å². The SMILES string of the molecule is CN(C)C1CCN(C(=O)c2cccc(-c3cnc(N)c(OCc4c(F)ccc(F)c4Cl)n3)c2)C1. The molecule has 0 aliphatic carbocycles. The molecule has 1 amide bonds. The van der Waals surface area contributed by atoms with Crippen molar-refractivity contribution in [3.05, 3.63) is 70.4 Å². The lowest BCUT2D eigenvalue weighted by Gasteiger charge is -2.20. The highest BCUT2D eigenvalue weighted by Crippen LogP contribution is 2.28. The molecular formula is C24H24ClF2N5O2. The van der Waals surface area contributed by atoms with E-state index in [1.165, 1.54) is 6.20 Å².